The summed E-state index contributed by atoms with van der Waals surface area (Å²) < 4.78 is 0. The third-order valence-corrected chi connectivity index (χ3v) is 3.13. The molecule has 1 nitrogen and oxygen atoms in total. The van der Waals surface area contributed by atoms with Crippen molar-refractivity contribution in [1.82, 2.24) is 0 Å². The first-order chi connectivity index (χ1) is 5.99. The van der Waals surface area contributed by atoms with Crippen molar-refractivity contribution < 1.29 is 5.11 Å². The van der Waals surface area contributed by atoms with Crippen LogP contribution in [-0.2, 0) is 0 Å². The topological polar surface area (TPSA) is 20.2 Å². The van der Waals surface area contributed by atoms with Crippen LogP contribution in [0.4, 0.5) is 0 Å². The Morgan fingerprint density at radius 1 is 1.23 bits per heavy atom. The van der Waals surface area contributed by atoms with Gasteiger partial charge in [0.2, 0.25) is 0 Å². The van der Waals surface area contributed by atoms with E-state index in [1.807, 2.05) is 0 Å². The first-order valence-corrected chi connectivity index (χ1v) is 5.67. The van der Waals surface area contributed by atoms with Crippen LogP contribution < -0.4 is 0 Å². The number of aliphatic hydroxyl groups is 1. The number of aliphatic hydroxyl groups excluding tert-OH is 1. The highest BCUT2D eigenvalue weighted by molar-refractivity contribution is 4.76. The summed E-state index contributed by atoms with van der Waals surface area (Å²) in [5, 5.41) is 9.91. The SMILES string of the molecule is CC(C)(C)CCC(O)C1CCCC1. The summed E-state index contributed by atoms with van der Waals surface area (Å²) >= 11 is 0. The van der Waals surface area contributed by atoms with E-state index in [1.165, 1.54) is 25.7 Å². The summed E-state index contributed by atoms with van der Waals surface area (Å²) in [6.07, 6.45) is 7.28. The van der Waals surface area contributed by atoms with E-state index in [9.17, 15) is 5.11 Å². The molecular formula is C12H24O. The summed E-state index contributed by atoms with van der Waals surface area (Å²) in [5.74, 6) is 0.613. The van der Waals surface area contributed by atoms with E-state index in [4.69, 9.17) is 0 Å². The third-order valence-electron chi connectivity index (χ3n) is 3.13. The molecule has 1 heteroatoms. The van der Waals surface area contributed by atoms with Crippen LogP contribution >= 0.6 is 0 Å². The number of hydrogen-bond acceptors (Lipinski definition) is 1. The molecule has 0 aromatic heterocycles. The molecule has 13 heavy (non-hydrogen) atoms. The standard InChI is InChI=1S/C12H24O/c1-12(2,3)9-8-11(13)10-6-4-5-7-10/h10-11,13H,4-9H2,1-3H3. The normalized spacial score (nSPS) is 22.2. The Morgan fingerprint density at radius 3 is 2.23 bits per heavy atom. The van der Waals surface area contributed by atoms with Crippen LogP contribution in [0.2, 0.25) is 0 Å². The van der Waals surface area contributed by atoms with E-state index in [0.29, 0.717) is 11.3 Å². The van der Waals surface area contributed by atoms with Crippen molar-refractivity contribution in [2.75, 3.05) is 0 Å². The molecule has 1 aliphatic carbocycles. The van der Waals surface area contributed by atoms with Crippen LogP contribution in [0.25, 0.3) is 0 Å². The highest BCUT2D eigenvalue weighted by Gasteiger charge is 2.24. The smallest absolute Gasteiger partial charge is 0.0568 e. The Balaban J connectivity index is 2.20. The Kier molecular flexibility index (Phi) is 3.78. The molecule has 1 N–H and O–H groups in total. The van der Waals surface area contributed by atoms with Crippen LogP contribution in [0.1, 0.15) is 59.3 Å². The van der Waals surface area contributed by atoms with Crippen molar-refractivity contribution in [3.8, 4) is 0 Å². The lowest BCUT2D eigenvalue weighted by Gasteiger charge is -2.23. The second-order valence-electron chi connectivity index (χ2n) is 5.71. The van der Waals surface area contributed by atoms with E-state index in [-0.39, 0.29) is 6.10 Å². The fourth-order valence-electron chi connectivity index (χ4n) is 2.16. The molecular weight excluding hydrogens is 160 g/mol. The molecule has 1 fully saturated rings. The summed E-state index contributed by atoms with van der Waals surface area (Å²) in [6.45, 7) is 6.73. The van der Waals surface area contributed by atoms with Gasteiger partial charge in [-0.15, -0.1) is 0 Å². The van der Waals surface area contributed by atoms with Crippen LogP contribution in [0.15, 0.2) is 0 Å². The van der Waals surface area contributed by atoms with Gasteiger partial charge in [0.15, 0.2) is 0 Å². The van der Waals surface area contributed by atoms with Gasteiger partial charge in [-0.05, 0) is 37.0 Å². The number of rotatable bonds is 3. The van der Waals surface area contributed by atoms with E-state index >= 15 is 0 Å². The highest BCUT2D eigenvalue weighted by Crippen LogP contribution is 2.31. The molecule has 0 spiro atoms. The third kappa shape index (κ3) is 4.12. The molecule has 0 aromatic carbocycles. The maximum atomic E-state index is 9.91. The molecule has 0 radical (unpaired) electrons. The second kappa shape index (κ2) is 4.45. The minimum atomic E-state index is -0.0262. The maximum Gasteiger partial charge on any atom is 0.0568 e. The lowest BCUT2D eigenvalue weighted by molar-refractivity contribution is 0.0889. The molecule has 0 saturated heterocycles. The maximum absolute atomic E-state index is 9.91. The quantitative estimate of drug-likeness (QED) is 0.713. The molecule has 1 aliphatic rings. The minimum Gasteiger partial charge on any atom is -0.393 e. The van der Waals surface area contributed by atoms with E-state index in [1.54, 1.807) is 0 Å². The molecule has 0 aliphatic heterocycles. The second-order valence-corrected chi connectivity index (χ2v) is 5.71. The van der Waals surface area contributed by atoms with Crippen LogP contribution in [0, 0.1) is 11.3 Å². The van der Waals surface area contributed by atoms with Gasteiger partial charge in [0, 0.05) is 0 Å². The van der Waals surface area contributed by atoms with Crippen LogP contribution in [0.3, 0.4) is 0 Å². The fourth-order valence-corrected chi connectivity index (χ4v) is 2.16. The zero-order chi connectivity index (χ0) is 9.90. The Labute approximate surface area is 82.5 Å². The molecule has 78 valence electrons. The van der Waals surface area contributed by atoms with Gasteiger partial charge in [-0.1, -0.05) is 33.6 Å². The van der Waals surface area contributed by atoms with Gasteiger partial charge in [0.05, 0.1) is 6.10 Å². The van der Waals surface area contributed by atoms with E-state index < -0.39 is 0 Å². The van der Waals surface area contributed by atoms with Gasteiger partial charge < -0.3 is 5.11 Å². The van der Waals surface area contributed by atoms with Gasteiger partial charge in [0.25, 0.3) is 0 Å². The van der Waals surface area contributed by atoms with Crippen molar-refractivity contribution >= 4 is 0 Å². The molecule has 0 aromatic rings. The van der Waals surface area contributed by atoms with Crippen molar-refractivity contribution in [2.45, 2.75) is 65.4 Å². The van der Waals surface area contributed by atoms with Crippen molar-refractivity contribution in [3.63, 3.8) is 0 Å². The molecule has 1 rings (SSSR count). The zero-order valence-electron chi connectivity index (χ0n) is 9.34. The average molecular weight is 184 g/mol. The van der Waals surface area contributed by atoms with Gasteiger partial charge in [-0.2, -0.15) is 0 Å². The Morgan fingerprint density at radius 2 is 1.77 bits per heavy atom. The van der Waals surface area contributed by atoms with Crippen molar-refractivity contribution in [1.29, 1.82) is 0 Å². The molecule has 0 amide bonds. The Hall–Kier alpha value is -0.0400. The lowest BCUT2D eigenvalue weighted by atomic mass is 9.86. The van der Waals surface area contributed by atoms with Crippen molar-refractivity contribution in [3.05, 3.63) is 0 Å². The van der Waals surface area contributed by atoms with Crippen LogP contribution in [-0.4, -0.2) is 11.2 Å². The number of hydrogen-bond donors (Lipinski definition) is 1. The zero-order valence-corrected chi connectivity index (χ0v) is 9.34. The molecule has 1 saturated carbocycles. The first kappa shape index (κ1) is 11.0. The predicted molar refractivity (Wildman–Crippen MR) is 56.7 cm³/mol. The Bertz CT molecular complexity index is 140. The monoisotopic (exact) mass is 184 g/mol. The summed E-state index contributed by atoms with van der Waals surface area (Å²) in [6, 6.07) is 0. The van der Waals surface area contributed by atoms with Gasteiger partial charge in [-0.25, -0.2) is 0 Å². The lowest BCUT2D eigenvalue weighted by Crippen LogP contribution is -2.20. The molecule has 0 bridgehead atoms. The van der Waals surface area contributed by atoms with Gasteiger partial charge in [-0.3, -0.25) is 0 Å². The predicted octanol–water partition coefficient (Wildman–Crippen LogP) is 3.36. The summed E-state index contributed by atoms with van der Waals surface area (Å²) in [7, 11) is 0. The van der Waals surface area contributed by atoms with E-state index in [0.717, 1.165) is 12.8 Å². The molecule has 1 atom stereocenters. The molecule has 0 heterocycles. The summed E-state index contributed by atoms with van der Waals surface area (Å²) in [5.41, 5.74) is 0.375. The van der Waals surface area contributed by atoms with Crippen molar-refractivity contribution in [2.24, 2.45) is 11.3 Å². The average Bonchev–Trinajstić information content (AvgIpc) is 2.50. The van der Waals surface area contributed by atoms with Gasteiger partial charge >= 0.3 is 0 Å². The van der Waals surface area contributed by atoms with Gasteiger partial charge in [0.1, 0.15) is 0 Å². The van der Waals surface area contributed by atoms with E-state index in [2.05, 4.69) is 20.8 Å². The molecule has 1 unspecified atom stereocenters. The van der Waals surface area contributed by atoms with Crippen LogP contribution in [0.5, 0.6) is 0 Å². The largest absolute Gasteiger partial charge is 0.393 e. The summed E-state index contributed by atoms with van der Waals surface area (Å²) in [4.78, 5) is 0. The first-order valence-electron chi connectivity index (χ1n) is 5.67. The minimum absolute atomic E-state index is 0.0262. The fraction of sp³-hybridized carbons (Fsp3) is 1.00. The highest BCUT2D eigenvalue weighted by atomic mass is 16.3.